The van der Waals surface area contributed by atoms with E-state index >= 15 is 0 Å². The van der Waals surface area contributed by atoms with Crippen molar-refractivity contribution in [2.75, 3.05) is 20.3 Å². The highest BCUT2D eigenvalue weighted by molar-refractivity contribution is 5.81. The molecule has 6 heteroatoms. The van der Waals surface area contributed by atoms with Gasteiger partial charge >= 0.3 is 11.9 Å². The normalized spacial score (nSPS) is 18.7. The van der Waals surface area contributed by atoms with Crippen LogP contribution in [-0.4, -0.2) is 38.4 Å². The van der Waals surface area contributed by atoms with Crippen molar-refractivity contribution >= 4 is 11.9 Å². The van der Waals surface area contributed by atoms with E-state index in [-0.39, 0.29) is 24.0 Å². The molecule has 1 aliphatic rings. The number of hydrogen-bond donors (Lipinski definition) is 0. The van der Waals surface area contributed by atoms with Crippen molar-refractivity contribution in [1.82, 2.24) is 0 Å². The molecular formula is C23H32O6. The zero-order valence-electron chi connectivity index (χ0n) is 17.3. The van der Waals surface area contributed by atoms with E-state index < -0.39 is 0 Å². The summed E-state index contributed by atoms with van der Waals surface area (Å²) >= 11 is 0. The molecule has 0 spiro atoms. The molecule has 2 rings (SSSR count). The molecule has 0 amide bonds. The van der Waals surface area contributed by atoms with Crippen molar-refractivity contribution in [1.29, 1.82) is 0 Å². The molecule has 6 nitrogen and oxygen atoms in total. The second kappa shape index (κ2) is 13.0. The number of esters is 2. The molecule has 160 valence electrons. The first-order valence-corrected chi connectivity index (χ1v) is 10.4. The summed E-state index contributed by atoms with van der Waals surface area (Å²) in [5, 5.41) is 0. The molecule has 0 atom stereocenters. The van der Waals surface area contributed by atoms with E-state index in [0.717, 1.165) is 63.7 Å². The Bertz CT molecular complexity index is 631. The van der Waals surface area contributed by atoms with Crippen LogP contribution in [0, 0.1) is 5.92 Å². The summed E-state index contributed by atoms with van der Waals surface area (Å²) in [7, 11) is 1.60. The van der Waals surface area contributed by atoms with E-state index in [2.05, 4.69) is 6.58 Å². The summed E-state index contributed by atoms with van der Waals surface area (Å²) < 4.78 is 21.5. The highest BCUT2D eigenvalue weighted by Gasteiger charge is 2.28. The first-order valence-electron chi connectivity index (χ1n) is 10.4. The predicted octanol–water partition coefficient (Wildman–Crippen LogP) is 4.47. The Morgan fingerprint density at radius 2 is 1.59 bits per heavy atom. The monoisotopic (exact) mass is 404 g/mol. The summed E-state index contributed by atoms with van der Waals surface area (Å²) in [4.78, 5) is 23.3. The molecule has 0 N–H and O–H groups in total. The minimum atomic E-state index is -0.364. The van der Waals surface area contributed by atoms with E-state index in [1.54, 1.807) is 31.4 Å². The lowest BCUT2D eigenvalue weighted by atomic mass is 9.87. The molecule has 0 unspecified atom stereocenters. The summed E-state index contributed by atoms with van der Waals surface area (Å²) in [5.74, 6) is 0.699. The molecule has 0 aromatic heterocycles. The topological polar surface area (TPSA) is 71.1 Å². The van der Waals surface area contributed by atoms with Gasteiger partial charge in [0.05, 0.1) is 25.7 Å². The van der Waals surface area contributed by atoms with E-state index in [4.69, 9.17) is 18.9 Å². The zero-order valence-corrected chi connectivity index (χ0v) is 17.3. The first-order chi connectivity index (χ1) is 14.1. The van der Waals surface area contributed by atoms with Gasteiger partial charge in [-0.15, -0.1) is 0 Å². The number of rotatable bonds is 12. The average Bonchev–Trinajstić information content (AvgIpc) is 2.76. The highest BCUT2D eigenvalue weighted by Crippen LogP contribution is 2.28. The molecular weight excluding hydrogens is 372 g/mol. The lowest BCUT2D eigenvalue weighted by molar-refractivity contribution is -0.141. The maximum absolute atomic E-state index is 12.3. The Hall–Kier alpha value is -2.34. The third kappa shape index (κ3) is 8.69. The van der Waals surface area contributed by atoms with Crippen LogP contribution >= 0.6 is 0 Å². The van der Waals surface area contributed by atoms with Crippen molar-refractivity contribution in [3.63, 3.8) is 0 Å². The number of methoxy groups -OCH3 is 1. The van der Waals surface area contributed by atoms with Crippen LogP contribution in [0.4, 0.5) is 0 Å². The standard InChI is InChI=1S/C23H32O6/c1-3-22(24)28-17-7-5-4-6-16-27-20-10-8-18(9-11-20)23(25)29-21-14-12-19(26-2)13-15-21/h3,12-15,18,20H,1,4-11,16-17H2,2H3. The summed E-state index contributed by atoms with van der Waals surface area (Å²) in [6, 6.07) is 7.05. The molecule has 1 aromatic rings. The van der Waals surface area contributed by atoms with E-state index in [9.17, 15) is 9.59 Å². The van der Waals surface area contributed by atoms with Crippen molar-refractivity contribution in [3.05, 3.63) is 36.9 Å². The van der Waals surface area contributed by atoms with Gasteiger partial charge < -0.3 is 18.9 Å². The number of unbranched alkanes of at least 4 members (excludes halogenated alkanes) is 3. The maximum Gasteiger partial charge on any atom is 0.330 e. The third-order valence-corrected chi connectivity index (χ3v) is 5.09. The van der Waals surface area contributed by atoms with Crippen molar-refractivity contribution < 1.29 is 28.5 Å². The molecule has 0 aliphatic heterocycles. The number of ether oxygens (including phenoxy) is 4. The van der Waals surface area contributed by atoms with Gasteiger partial charge in [-0.1, -0.05) is 13.0 Å². The molecule has 0 heterocycles. The zero-order chi connectivity index (χ0) is 20.9. The van der Waals surface area contributed by atoms with Gasteiger partial charge in [-0.05, 0) is 69.2 Å². The van der Waals surface area contributed by atoms with Crippen LogP contribution in [0.5, 0.6) is 11.5 Å². The number of hydrogen-bond acceptors (Lipinski definition) is 6. The Balaban J connectivity index is 1.52. The van der Waals surface area contributed by atoms with E-state index in [0.29, 0.717) is 12.4 Å². The van der Waals surface area contributed by atoms with Gasteiger partial charge in [-0.2, -0.15) is 0 Å². The molecule has 0 bridgehead atoms. The van der Waals surface area contributed by atoms with Gasteiger partial charge in [0.2, 0.25) is 0 Å². The minimum absolute atomic E-state index is 0.0600. The SMILES string of the molecule is C=CC(=O)OCCCCCCOC1CCC(C(=O)Oc2ccc(OC)cc2)CC1. The summed E-state index contributed by atoms with van der Waals surface area (Å²) in [5.41, 5.74) is 0. The fourth-order valence-electron chi connectivity index (χ4n) is 3.35. The fraction of sp³-hybridized carbons (Fsp3) is 0.565. The number of carbonyl (C=O) groups excluding carboxylic acids is 2. The molecule has 0 radical (unpaired) electrons. The first kappa shape index (κ1) is 22.9. The van der Waals surface area contributed by atoms with Gasteiger partial charge in [-0.3, -0.25) is 4.79 Å². The Labute approximate surface area is 173 Å². The molecule has 1 saturated carbocycles. The molecule has 29 heavy (non-hydrogen) atoms. The fourth-order valence-corrected chi connectivity index (χ4v) is 3.35. The van der Waals surface area contributed by atoms with Crippen molar-refractivity contribution in [2.24, 2.45) is 5.92 Å². The lowest BCUT2D eigenvalue weighted by Gasteiger charge is -2.27. The Morgan fingerprint density at radius 3 is 2.21 bits per heavy atom. The molecule has 1 aromatic carbocycles. The van der Waals surface area contributed by atoms with Crippen molar-refractivity contribution in [2.45, 2.75) is 57.5 Å². The van der Waals surface area contributed by atoms with Crippen LogP contribution < -0.4 is 9.47 Å². The Morgan fingerprint density at radius 1 is 0.966 bits per heavy atom. The third-order valence-electron chi connectivity index (χ3n) is 5.09. The smallest absolute Gasteiger partial charge is 0.330 e. The summed E-state index contributed by atoms with van der Waals surface area (Å²) in [6.45, 7) is 4.54. The van der Waals surface area contributed by atoms with Crippen LogP contribution in [0.3, 0.4) is 0 Å². The second-order valence-corrected chi connectivity index (χ2v) is 7.23. The molecule has 1 fully saturated rings. The number of benzene rings is 1. The van der Waals surface area contributed by atoms with Gasteiger partial charge in [0.25, 0.3) is 0 Å². The number of carbonyl (C=O) groups is 2. The van der Waals surface area contributed by atoms with Gasteiger partial charge in [0.1, 0.15) is 11.5 Å². The van der Waals surface area contributed by atoms with Gasteiger partial charge in [0, 0.05) is 12.7 Å². The van der Waals surface area contributed by atoms with Gasteiger partial charge in [-0.25, -0.2) is 4.79 Å². The van der Waals surface area contributed by atoms with Crippen LogP contribution in [0.1, 0.15) is 51.4 Å². The molecule has 0 saturated heterocycles. The van der Waals surface area contributed by atoms with Crippen LogP contribution in [0.2, 0.25) is 0 Å². The quantitative estimate of drug-likeness (QED) is 0.222. The lowest BCUT2D eigenvalue weighted by Crippen LogP contribution is -2.29. The Kier molecular flexibility index (Phi) is 10.3. The highest BCUT2D eigenvalue weighted by atomic mass is 16.5. The predicted molar refractivity (Wildman–Crippen MR) is 110 cm³/mol. The largest absolute Gasteiger partial charge is 0.497 e. The summed E-state index contributed by atoms with van der Waals surface area (Å²) in [6.07, 6.45) is 8.71. The van der Waals surface area contributed by atoms with Crippen molar-refractivity contribution in [3.8, 4) is 11.5 Å². The van der Waals surface area contributed by atoms with E-state index in [1.165, 1.54) is 6.08 Å². The van der Waals surface area contributed by atoms with Crippen LogP contribution in [-0.2, 0) is 19.1 Å². The van der Waals surface area contributed by atoms with E-state index in [1.807, 2.05) is 0 Å². The van der Waals surface area contributed by atoms with Gasteiger partial charge in [0.15, 0.2) is 0 Å². The van der Waals surface area contributed by atoms with Crippen LogP contribution in [0.25, 0.3) is 0 Å². The maximum atomic E-state index is 12.3. The minimum Gasteiger partial charge on any atom is -0.497 e. The average molecular weight is 405 g/mol. The van der Waals surface area contributed by atoms with Crippen LogP contribution in [0.15, 0.2) is 36.9 Å². The molecule has 1 aliphatic carbocycles. The second-order valence-electron chi connectivity index (χ2n) is 7.23.